The highest BCUT2D eigenvalue weighted by Crippen LogP contribution is 2.46. The van der Waals surface area contributed by atoms with Crippen molar-refractivity contribution in [3.8, 4) is 89.5 Å². The quantitative estimate of drug-likeness (QED) is 0.141. The van der Waals surface area contributed by atoms with Gasteiger partial charge in [0.05, 0.1) is 0 Å². The lowest BCUT2D eigenvalue weighted by molar-refractivity contribution is -0.661. The lowest BCUT2D eigenvalue weighted by atomic mass is 9.86. The van der Waals surface area contributed by atoms with Crippen LogP contribution in [0.2, 0.25) is 0 Å². The van der Waals surface area contributed by atoms with Crippen LogP contribution in [-0.4, -0.2) is 0 Å². The first-order valence-corrected chi connectivity index (χ1v) is 35.9. The van der Waals surface area contributed by atoms with Gasteiger partial charge in [-0.3, -0.25) is 0 Å². The summed E-state index contributed by atoms with van der Waals surface area (Å²) >= 11 is 0. The van der Waals surface area contributed by atoms with Crippen LogP contribution in [0.15, 0.2) is 207 Å². The van der Waals surface area contributed by atoms with Crippen LogP contribution in [-0.2, 0) is 66.6 Å². The molecule has 4 heteroatoms. The van der Waals surface area contributed by atoms with Crippen molar-refractivity contribution in [1.82, 2.24) is 0 Å². The Balaban J connectivity index is 0.000000125. The molecule has 4 aliphatic rings. The third kappa shape index (κ3) is 13.6. The summed E-state index contributed by atoms with van der Waals surface area (Å²) in [5, 5.41) is 0. The minimum absolute atomic E-state index is 0.471. The number of aryl methyl sites for hydroxylation is 7. The molecule has 16 rings (SSSR count). The van der Waals surface area contributed by atoms with Gasteiger partial charge in [0.25, 0.3) is 0 Å². The fourth-order valence-corrected chi connectivity index (χ4v) is 16.0. The van der Waals surface area contributed by atoms with Gasteiger partial charge in [0.2, 0.25) is 22.8 Å². The van der Waals surface area contributed by atoms with Crippen molar-refractivity contribution in [3.63, 3.8) is 0 Å². The Morgan fingerprint density at radius 1 is 0.350 bits per heavy atom. The molecule has 0 atom stereocenters. The second-order valence-corrected chi connectivity index (χ2v) is 31.0. The molecule has 0 radical (unpaired) electrons. The van der Waals surface area contributed by atoms with Crippen molar-refractivity contribution in [2.45, 2.75) is 148 Å². The van der Waals surface area contributed by atoms with E-state index in [0.717, 1.165) is 59.3 Å². The molecule has 4 aromatic heterocycles. The van der Waals surface area contributed by atoms with Gasteiger partial charge in [-0.05, 0) is 262 Å². The molecule has 0 saturated heterocycles. The Bertz CT molecular complexity index is 5460. The van der Waals surface area contributed by atoms with Crippen molar-refractivity contribution in [2.24, 2.45) is 39.0 Å². The monoisotopic (exact) mass is 1320 g/mol. The smallest absolute Gasteiger partial charge is 0.201 e. The number of hydrogen-bond donors (Lipinski definition) is 0. The largest absolute Gasteiger partial charge is 0.212 e. The summed E-state index contributed by atoms with van der Waals surface area (Å²) in [6, 6.07) is 65.6. The Hall–Kier alpha value is -9.64. The van der Waals surface area contributed by atoms with Gasteiger partial charge in [-0.25, -0.2) is 18.3 Å². The predicted molar refractivity (Wildman–Crippen MR) is 419 cm³/mol. The second kappa shape index (κ2) is 27.5. The van der Waals surface area contributed by atoms with E-state index in [0.29, 0.717) is 0 Å². The van der Waals surface area contributed by atoms with E-state index in [2.05, 4.69) is 256 Å². The first kappa shape index (κ1) is 62.6. The highest BCUT2D eigenvalue weighted by atomic mass is 14.9. The number of aromatic nitrogens is 4. The molecule has 4 aliphatic carbocycles. The SMILES string of the molecule is Cc1ccc2c(c1)Cc1c-2ccc(-c2cccc[n+]2C)c1C.[2H]C(C)(C)c1c[n+](C)c(-c2ccc3c(c2C)Cc2ccccc2-3)cc1C.[2H]C([2H])(c1c[n+](C)c(-c2ccc3c(c2C)Cc2ccccc2-3)cc1C)C(C)(C)C.[2H]C([2H])(c1cc[n+](C)c(-c2ccc3c(c2C)Cc2ccccc2-3)c1)C(C)(C)C. The summed E-state index contributed by atoms with van der Waals surface area (Å²) in [6.45, 7) is 30.9. The normalized spacial score (nSPS) is 13.7. The topological polar surface area (TPSA) is 15.5 Å². The maximum absolute atomic E-state index is 8.70. The maximum atomic E-state index is 8.70. The highest BCUT2D eigenvalue weighted by Gasteiger charge is 2.30. The van der Waals surface area contributed by atoms with Crippen LogP contribution in [0.1, 0.15) is 168 Å². The molecule has 0 spiro atoms. The zero-order valence-corrected chi connectivity index (χ0v) is 62.7. The fourth-order valence-electron chi connectivity index (χ4n) is 16.0. The standard InChI is InChI=1S/C26H30N.C25H28N.C24H26N.C21H20N/c1-17-13-25(27(6)16-20(17)15-26(3,4)5)21-11-12-23-22-10-8-7-9-19(22)14-24(23)18(21)2;1-17-20(24-14-18(12-13-26(24)5)16-25(2,3)4)10-11-22-21-9-7-6-8-19(21)15-23(17)22;1-15(2)23-14-25(5)24(12-16(23)3)19-10-11-21-20-9-7-6-8-18(20)13-22(21)17(19)4;1-14-7-8-18-16(12-14)13-20-15(2)17(9-10-19(18)20)21-6-4-5-11-22(21)3/h7-13,16H,14-15H2,1-6H3;6-14H,15-16H2,1-5H3;6-12,14-15H,13H2,1-5H3;4-12H,13H2,1-3H3/q4*+1/i15D2;16D2;15D;. The van der Waals surface area contributed by atoms with Gasteiger partial charge in [-0.15, -0.1) is 0 Å². The number of rotatable bonds is 7. The van der Waals surface area contributed by atoms with Crippen LogP contribution >= 0.6 is 0 Å². The molecule has 4 nitrogen and oxygen atoms in total. The number of fused-ring (bicyclic) bond motifs is 12. The summed E-state index contributed by atoms with van der Waals surface area (Å²) < 4.78 is 51.7. The molecule has 8 aromatic carbocycles. The molecule has 4 heterocycles. The molecule has 100 heavy (non-hydrogen) atoms. The minimum Gasteiger partial charge on any atom is -0.201 e. The predicted octanol–water partition coefficient (Wildman–Crippen LogP) is 21.5. The third-order valence-corrected chi connectivity index (χ3v) is 21.2. The molecule has 0 N–H and O–H groups in total. The molecule has 12 aromatic rings. The zero-order chi connectivity index (χ0) is 75.3. The van der Waals surface area contributed by atoms with E-state index in [4.69, 9.17) is 6.85 Å². The van der Waals surface area contributed by atoms with Crippen molar-refractivity contribution < 1.29 is 25.1 Å². The van der Waals surface area contributed by atoms with Crippen LogP contribution in [0.25, 0.3) is 89.5 Å². The van der Waals surface area contributed by atoms with Crippen LogP contribution in [0.5, 0.6) is 0 Å². The molecule has 0 unspecified atom stereocenters. The minimum atomic E-state index is -1.41. The maximum Gasteiger partial charge on any atom is 0.212 e. The van der Waals surface area contributed by atoms with Crippen LogP contribution < -0.4 is 18.3 Å². The van der Waals surface area contributed by atoms with Crippen molar-refractivity contribution >= 4 is 0 Å². The summed E-state index contributed by atoms with van der Waals surface area (Å²) in [4.78, 5) is 0. The average molecular weight is 1320 g/mol. The Labute approximate surface area is 605 Å². The van der Waals surface area contributed by atoms with Crippen LogP contribution in [0, 0.1) is 59.3 Å². The molecule has 0 fully saturated rings. The highest BCUT2D eigenvalue weighted by molar-refractivity contribution is 5.86. The lowest BCUT2D eigenvalue weighted by Crippen LogP contribution is -2.32. The van der Waals surface area contributed by atoms with Crippen LogP contribution in [0.4, 0.5) is 0 Å². The van der Waals surface area contributed by atoms with Gasteiger partial charge in [0.1, 0.15) is 28.2 Å². The average Bonchev–Trinajstić information content (AvgIpc) is 1.02. The Morgan fingerprint density at radius 3 is 1.17 bits per heavy atom. The lowest BCUT2D eigenvalue weighted by Gasteiger charge is -2.19. The summed E-state index contributed by atoms with van der Waals surface area (Å²) in [5.41, 5.74) is 42.6. The van der Waals surface area contributed by atoms with Crippen molar-refractivity contribution in [1.29, 1.82) is 0 Å². The van der Waals surface area contributed by atoms with Gasteiger partial charge in [-0.1, -0.05) is 176 Å². The van der Waals surface area contributed by atoms with E-state index in [-0.39, 0.29) is 0 Å². The third-order valence-electron chi connectivity index (χ3n) is 21.2. The first-order chi connectivity index (χ1) is 49.5. The second-order valence-electron chi connectivity index (χ2n) is 31.0. The van der Waals surface area contributed by atoms with Crippen LogP contribution in [0.3, 0.4) is 0 Å². The van der Waals surface area contributed by atoms with Gasteiger partial charge in [0, 0.05) is 76.6 Å². The Morgan fingerprint density at radius 2 is 0.720 bits per heavy atom. The molecular weight excluding hydrogens is 1210 g/mol. The number of nitrogens with zero attached hydrogens (tertiary/aromatic N) is 4. The number of pyridine rings is 4. The van der Waals surface area contributed by atoms with Gasteiger partial charge >= 0.3 is 0 Å². The van der Waals surface area contributed by atoms with E-state index in [1.54, 1.807) is 0 Å². The number of hydrogen-bond acceptors (Lipinski definition) is 0. The zero-order valence-electron chi connectivity index (χ0n) is 67.7. The summed E-state index contributed by atoms with van der Waals surface area (Å²) in [7, 11) is 8.26. The van der Waals surface area contributed by atoms with Crippen molar-refractivity contribution in [2.75, 3.05) is 0 Å². The molecule has 504 valence electrons. The fraction of sp³-hybridized carbons (Fsp3) is 0.292. The first-order valence-electron chi connectivity index (χ1n) is 38.4. The van der Waals surface area contributed by atoms with Gasteiger partial charge in [0.15, 0.2) is 24.8 Å². The number of benzene rings is 8. The Kier molecular flexibility index (Phi) is 17.2. The molecule has 0 amide bonds. The summed E-state index contributed by atoms with van der Waals surface area (Å²) in [6.07, 6.45) is 9.43. The molecule has 0 aliphatic heterocycles. The van der Waals surface area contributed by atoms with E-state index in [9.17, 15) is 0 Å². The molecule has 0 saturated carbocycles. The van der Waals surface area contributed by atoms with E-state index < -0.39 is 29.5 Å². The van der Waals surface area contributed by atoms with Crippen molar-refractivity contribution in [3.05, 3.63) is 307 Å². The molecular formula is C96H104N4+4. The van der Waals surface area contributed by atoms with Gasteiger partial charge < -0.3 is 0 Å². The molecule has 0 bridgehead atoms. The van der Waals surface area contributed by atoms with E-state index in [1.807, 2.05) is 101 Å². The van der Waals surface area contributed by atoms with E-state index >= 15 is 0 Å². The summed E-state index contributed by atoms with van der Waals surface area (Å²) in [5.74, 6) is -0.588. The van der Waals surface area contributed by atoms with Gasteiger partial charge in [-0.2, -0.15) is 0 Å². The van der Waals surface area contributed by atoms with E-state index in [1.165, 1.54) is 156 Å².